The van der Waals surface area contributed by atoms with Crippen molar-refractivity contribution in [2.45, 2.75) is 38.6 Å². The van der Waals surface area contributed by atoms with Gasteiger partial charge in [0, 0.05) is 42.7 Å². The van der Waals surface area contributed by atoms with E-state index in [0.717, 1.165) is 47.7 Å². The van der Waals surface area contributed by atoms with Crippen LogP contribution < -0.4 is 20.7 Å². The number of rotatable bonds is 10. The van der Waals surface area contributed by atoms with Crippen LogP contribution in [0.2, 0.25) is 0 Å². The van der Waals surface area contributed by atoms with E-state index in [4.69, 9.17) is 14.2 Å². The maximum Gasteiger partial charge on any atom is 0.312 e. The molecule has 3 heterocycles. The van der Waals surface area contributed by atoms with E-state index >= 15 is 0 Å². The molecule has 2 aromatic carbocycles. The molecule has 3 N–H and O–H groups in total. The second-order valence-electron chi connectivity index (χ2n) is 11.7. The Kier molecular flexibility index (Phi) is 7.53. The van der Waals surface area contributed by atoms with Crippen LogP contribution >= 0.6 is 0 Å². The molecule has 1 saturated carbocycles. The van der Waals surface area contributed by atoms with Gasteiger partial charge in [0.25, 0.3) is 5.91 Å². The van der Waals surface area contributed by atoms with Gasteiger partial charge in [-0.05, 0) is 86.1 Å². The van der Waals surface area contributed by atoms with E-state index in [9.17, 15) is 9.59 Å². The van der Waals surface area contributed by atoms with Crippen LogP contribution in [0, 0.1) is 24.2 Å². The standard InChI is InChI=1S/C33H38N4O5/c1-21-18-24(6-9-26(21)29(38)34-14-17-41-15-11-23-19-33(23)12-16-42-31(33)39)37-30-32(2)28(10-13-35-30)27(20-36-32)22-4-7-25(40-3)8-5-22/h4-10,13,18,20,23,28,36H,11-12,14-17,19H2,1-3H3,(H,34,38)(H,35,37). The van der Waals surface area contributed by atoms with Crippen LogP contribution in [-0.2, 0) is 14.3 Å². The topological polar surface area (TPSA) is 110 Å². The number of aliphatic imine (C=N–C) groups is 1. The summed E-state index contributed by atoms with van der Waals surface area (Å²) in [4.78, 5) is 29.4. The molecule has 2 fully saturated rings. The Morgan fingerprint density at radius 3 is 2.76 bits per heavy atom. The number of carbonyl (C=O) groups excluding carboxylic acids is 2. The molecule has 6 rings (SSSR count). The molecule has 9 nitrogen and oxygen atoms in total. The van der Waals surface area contributed by atoms with Gasteiger partial charge in [0.05, 0.1) is 25.7 Å². The number of amidine groups is 1. The summed E-state index contributed by atoms with van der Waals surface area (Å²) < 4.78 is 16.2. The molecule has 2 aromatic rings. The lowest BCUT2D eigenvalue weighted by Crippen LogP contribution is -2.53. The van der Waals surface area contributed by atoms with Gasteiger partial charge >= 0.3 is 5.97 Å². The number of aryl methyl sites for hydroxylation is 1. The zero-order valence-electron chi connectivity index (χ0n) is 24.4. The summed E-state index contributed by atoms with van der Waals surface area (Å²) in [5.41, 5.74) is 4.02. The predicted octanol–water partition coefficient (Wildman–Crippen LogP) is 4.45. The van der Waals surface area contributed by atoms with Crippen molar-refractivity contribution in [1.82, 2.24) is 10.6 Å². The van der Waals surface area contributed by atoms with E-state index in [2.05, 4.69) is 52.3 Å². The highest BCUT2D eigenvalue weighted by Crippen LogP contribution is 2.60. The van der Waals surface area contributed by atoms with Gasteiger partial charge in [-0.1, -0.05) is 18.2 Å². The van der Waals surface area contributed by atoms with Crippen LogP contribution in [0.5, 0.6) is 5.75 Å². The lowest BCUT2D eigenvalue weighted by Gasteiger charge is -2.35. The van der Waals surface area contributed by atoms with Crippen LogP contribution in [0.4, 0.5) is 5.69 Å². The average molecular weight is 571 g/mol. The smallest absolute Gasteiger partial charge is 0.312 e. The minimum atomic E-state index is -0.436. The fraction of sp³-hybridized carbons (Fsp3) is 0.424. The molecule has 220 valence electrons. The van der Waals surface area contributed by atoms with Crippen molar-refractivity contribution >= 4 is 29.0 Å². The zero-order valence-corrected chi connectivity index (χ0v) is 24.4. The van der Waals surface area contributed by atoms with Crippen LogP contribution in [0.25, 0.3) is 5.57 Å². The monoisotopic (exact) mass is 570 g/mol. The highest BCUT2D eigenvalue weighted by Gasteiger charge is 2.62. The molecule has 0 bridgehead atoms. The van der Waals surface area contributed by atoms with Crippen LogP contribution in [0.3, 0.4) is 0 Å². The van der Waals surface area contributed by atoms with Crippen LogP contribution in [-0.4, -0.2) is 56.7 Å². The van der Waals surface area contributed by atoms with Crippen molar-refractivity contribution in [3.63, 3.8) is 0 Å². The Hall–Kier alpha value is -4.11. The van der Waals surface area contributed by atoms with Gasteiger partial charge in [0.15, 0.2) is 0 Å². The predicted molar refractivity (Wildman–Crippen MR) is 161 cm³/mol. The molecule has 1 aliphatic carbocycles. The zero-order chi connectivity index (χ0) is 29.3. The van der Waals surface area contributed by atoms with Crippen molar-refractivity contribution in [3.8, 4) is 5.75 Å². The van der Waals surface area contributed by atoms with Crippen molar-refractivity contribution in [1.29, 1.82) is 0 Å². The van der Waals surface area contributed by atoms with Crippen LogP contribution in [0.15, 0.2) is 65.9 Å². The Morgan fingerprint density at radius 1 is 1.19 bits per heavy atom. The number of hydrogen-bond donors (Lipinski definition) is 3. The SMILES string of the molecule is COc1ccc(C2=CNC3(C)C(Nc4ccc(C(=O)NCCOCCC5CC56CCOC6=O)c(C)c4)=NC=CC23)cc1. The molecule has 4 aliphatic rings. The number of amides is 1. The summed E-state index contributed by atoms with van der Waals surface area (Å²) in [6.45, 7) is 6.06. The first kappa shape index (κ1) is 28.0. The van der Waals surface area contributed by atoms with Gasteiger partial charge in [-0.25, -0.2) is 4.99 Å². The molecule has 1 spiro atoms. The Balaban J connectivity index is 0.990. The molecule has 4 atom stereocenters. The number of nitrogens with zero attached hydrogens (tertiary/aromatic N) is 1. The molecule has 9 heteroatoms. The number of nitrogens with one attached hydrogen (secondary N) is 3. The van der Waals surface area contributed by atoms with E-state index in [1.54, 1.807) is 7.11 Å². The maximum absolute atomic E-state index is 12.8. The third-order valence-electron chi connectivity index (χ3n) is 9.18. The van der Waals surface area contributed by atoms with Crippen molar-refractivity contribution in [3.05, 3.63) is 77.6 Å². The Labute approximate surface area is 246 Å². The number of hydrogen-bond acceptors (Lipinski definition) is 8. The first-order valence-corrected chi connectivity index (χ1v) is 14.6. The summed E-state index contributed by atoms with van der Waals surface area (Å²) >= 11 is 0. The highest BCUT2D eigenvalue weighted by molar-refractivity contribution is 6.06. The van der Waals surface area contributed by atoms with Crippen molar-refractivity contribution in [2.75, 3.05) is 38.8 Å². The van der Waals surface area contributed by atoms with Gasteiger partial charge in [-0.15, -0.1) is 0 Å². The average Bonchev–Trinajstić information content (AvgIpc) is 3.40. The molecule has 0 aromatic heterocycles. The number of esters is 1. The molecule has 4 unspecified atom stereocenters. The minimum absolute atomic E-state index is 0.0376. The summed E-state index contributed by atoms with van der Waals surface area (Å²) in [7, 11) is 1.67. The largest absolute Gasteiger partial charge is 0.497 e. The molecule has 0 radical (unpaired) electrons. The van der Waals surface area contributed by atoms with Gasteiger partial charge in [-0.3, -0.25) is 9.59 Å². The fourth-order valence-corrected chi connectivity index (χ4v) is 6.46. The fourth-order valence-electron chi connectivity index (χ4n) is 6.46. The summed E-state index contributed by atoms with van der Waals surface area (Å²) in [5.74, 6) is 1.94. The molecular formula is C33H38N4O5. The van der Waals surface area contributed by atoms with E-state index in [0.29, 0.717) is 37.8 Å². The highest BCUT2D eigenvalue weighted by atomic mass is 16.5. The number of cyclic esters (lactones) is 1. The lowest BCUT2D eigenvalue weighted by molar-refractivity contribution is -0.142. The summed E-state index contributed by atoms with van der Waals surface area (Å²) in [5, 5.41) is 10.00. The quantitative estimate of drug-likeness (QED) is 0.286. The first-order valence-electron chi connectivity index (χ1n) is 14.6. The number of ether oxygens (including phenoxy) is 3. The minimum Gasteiger partial charge on any atom is -0.497 e. The third-order valence-corrected chi connectivity index (χ3v) is 9.18. The Bertz CT molecular complexity index is 1470. The Morgan fingerprint density at radius 2 is 2.02 bits per heavy atom. The summed E-state index contributed by atoms with van der Waals surface area (Å²) in [6, 6.07) is 13.8. The normalized spacial score (nSPS) is 27.1. The number of benzene rings is 2. The number of anilines is 1. The van der Waals surface area contributed by atoms with Crippen molar-refractivity contribution < 1.29 is 23.8 Å². The van der Waals surface area contributed by atoms with Gasteiger partial charge in [-0.2, -0.15) is 0 Å². The first-order chi connectivity index (χ1) is 20.3. The van der Waals surface area contributed by atoms with Crippen molar-refractivity contribution in [2.24, 2.45) is 22.2 Å². The molecule has 42 heavy (non-hydrogen) atoms. The van der Waals surface area contributed by atoms with Gasteiger partial charge in [0.1, 0.15) is 17.1 Å². The summed E-state index contributed by atoms with van der Waals surface area (Å²) in [6.07, 6.45) is 8.64. The van der Waals surface area contributed by atoms with E-state index in [1.165, 1.54) is 5.57 Å². The van der Waals surface area contributed by atoms with Crippen LogP contribution in [0.1, 0.15) is 47.7 Å². The second-order valence-corrected chi connectivity index (χ2v) is 11.7. The number of methoxy groups -OCH3 is 1. The number of carbonyl (C=O) groups is 2. The van der Waals surface area contributed by atoms with E-state index in [-0.39, 0.29) is 23.2 Å². The van der Waals surface area contributed by atoms with Gasteiger partial charge < -0.3 is 30.2 Å². The lowest BCUT2D eigenvalue weighted by atomic mass is 9.79. The van der Waals surface area contributed by atoms with E-state index in [1.807, 2.05) is 43.5 Å². The third kappa shape index (κ3) is 5.17. The second kappa shape index (κ2) is 11.3. The number of fused-ring (bicyclic) bond motifs is 1. The molecular weight excluding hydrogens is 532 g/mol. The van der Waals surface area contributed by atoms with Gasteiger partial charge in [0.2, 0.25) is 0 Å². The molecule has 1 saturated heterocycles. The van der Waals surface area contributed by atoms with E-state index < -0.39 is 5.54 Å². The maximum atomic E-state index is 12.8. The molecule has 3 aliphatic heterocycles. The molecule has 1 amide bonds.